The number of hydrogen-bond donors (Lipinski definition) is 1. The standard InChI is InChI=1S/C20H31N5O2/c1-2-21-19(25-7-5-20(15-25)6-10-27-16-20)23-14-17-3-4-18(22-13-17)24-8-11-26-12-9-24/h3-4,13H,2,5-12,14-16H2,1H3,(H,21,23). The quantitative estimate of drug-likeness (QED) is 0.637. The first-order chi connectivity index (χ1) is 13.3. The molecule has 1 aromatic rings. The zero-order chi connectivity index (χ0) is 18.5. The second-order valence-electron chi connectivity index (χ2n) is 7.77. The van der Waals surface area contributed by atoms with Gasteiger partial charge in [-0.15, -0.1) is 0 Å². The molecule has 0 amide bonds. The van der Waals surface area contributed by atoms with Crippen LogP contribution in [0.2, 0.25) is 0 Å². The Balaban J connectivity index is 1.38. The summed E-state index contributed by atoms with van der Waals surface area (Å²) in [4.78, 5) is 14.2. The number of ether oxygens (including phenoxy) is 2. The van der Waals surface area contributed by atoms with E-state index < -0.39 is 0 Å². The second kappa shape index (κ2) is 8.44. The van der Waals surface area contributed by atoms with Crippen LogP contribution in [0.5, 0.6) is 0 Å². The molecule has 3 fully saturated rings. The van der Waals surface area contributed by atoms with Crippen LogP contribution in [0.4, 0.5) is 5.82 Å². The molecule has 0 aromatic carbocycles. The van der Waals surface area contributed by atoms with Crippen molar-refractivity contribution in [1.29, 1.82) is 0 Å². The number of rotatable bonds is 4. The van der Waals surface area contributed by atoms with Crippen LogP contribution in [0.15, 0.2) is 23.3 Å². The van der Waals surface area contributed by atoms with Crippen LogP contribution < -0.4 is 10.2 Å². The maximum absolute atomic E-state index is 5.65. The largest absolute Gasteiger partial charge is 0.381 e. The highest BCUT2D eigenvalue weighted by atomic mass is 16.5. The van der Waals surface area contributed by atoms with Crippen molar-refractivity contribution < 1.29 is 9.47 Å². The average Bonchev–Trinajstić information content (AvgIpc) is 3.36. The summed E-state index contributed by atoms with van der Waals surface area (Å²) in [6.07, 6.45) is 4.33. The number of guanidine groups is 1. The number of nitrogens with zero attached hydrogens (tertiary/aromatic N) is 4. The van der Waals surface area contributed by atoms with Crippen molar-refractivity contribution in [1.82, 2.24) is 15.2 Å². The Morgan fingerprint density at radius 2 is 2.07 bits per heavy atom. The Labute approximate surface area is 161 Å². The van der Waals surface area contributed by atoms with Crippen LogP contribution in [0, 0.1) is 5.41 Å². The number of aliphatic imine (C=N–C) groups is 1. The van der Waals surface area contributed by atoms with Gasteiger partial charge in [-0.1, -0.05) is 6.07 Å². The molecule has 0 bridgehead atoms. The summed E-state index contributed by atoms with van der Waals surface area (Å²) >= 11 is 0. The molecule has 1 atom stereocenters. The van der Waals surface area contributed by atoms with Crippen molar-refractivity contribution in [3.8, 4) is 0 Å². The number of hydrogen-bond acceptors (Lipinski definition) is 5. The van der Waals surface area contributed by atoms with Crippen molar-refractivity contribution in [3.05, 3.63) is 23.9 Å². The molecule has 3 saturated heterocycles. The highest BCUT2D eigenvalue weighted by molar-refractivity contribution is 5.80. The average molecular weight is 374 g/mol. The number of likely N-dealkylation sites (tertiary alicyclic amines) is 1. The lowest BCUT2D eigenvalue weighted by Crippen LogP contribution is -2.41. The van der Waals surface area contributed by atoms with E-state index in [1.165, 1.54) is 12.8 Å². The summed E-state index contributed by atoms with van der Waals surface area (Å²) < 4.78 is 11.1. The number of pyridine rings is 1. The van der Waals surface area contributed by atoms with E-state index in [0.29, 0.717) is 12.0 Å². The van der Waals surface area contributed by atoms with E-state index >= 15 is 0 Å². The minimum atomic E-state index is 0.345. The van der Waals surface area contributed by atoms with Crippen molar-refractivity contribution in [3.63, 3.8) is 0 Å². The smallest absolute Gasteiger partial charge is 0.194 e. The van der Waals surface area contributed by atoms with Gasteiger partial charge in [-0.05, 0) is 31.4 Å². The summed E-state index contributed by atoms with van der Waals surface area (Å²) in [5.41, 5.74) is 1.48. The SMILES string of the molecule is CCNC(=NCc1ccc(N2CCOCC2)nc1)N1CCC2(CCOC2)C1. The van der Waals surface area contributed by atoms with E-state index in [4.69, 9.17) is 14.5 Å². The number of anilines is 1. The molecule has 4 rings (SSSR count). The molecule has 4 heterocycles. The van der Waals surface area contributed by atoms with E-state index in [1.54, 1.807) is 0 Å². The minimum absolute atomic E-state index is 0.345. The zero-order valence-electron chi connectivity index (χ0n) is 16.3. The predicted molar refractivity (Wildman–Crippen MR) is 106 cm³/mol. The van der Waals surface area contributed by atoms with Crippen molar-refractivity contribution in [2.45, 2.75) is 26.3 Å². The third-order valence-electron chi connectivity index (χ3n) is 5.81. The molecule has 1 spiro atoms. The third-order valence-corrected chi connectivity index (χ3v) is 5.81. The fraction of sp³-hybridized carbons (Fsp3) is 0.700. The van der Waals surface area contributed by atoms with Crippen molar-refractivity contribution in [2.24, 2.45) is 10.4 Å². The van der Waals surface area contributed by atoms with Gasteiger partial charge in [0.05, 0.1) is 26.4 Å². The van der Waals surface area contributed by atoms with E-state index in [2.05, 4.69) is 39.2 Å². The molecule has 148 valence electrons. The monoisotopic (exact) mass is 373 g/mol. The Morgan fingerprint density at radius 3 is 2.78 bits per heavy atom. The molecule has 0 aliphatic carbocycles. The van der Waals surface area contributed by atoms with E-state index in [9.17, 15) is 0 Å². The minimum Gasteiger partial charge on any atom is -0.381 e. The van der Waals surface area contributed by atoms with Gasteiger partial charge in [0.2, 0.25) is 0 Å². The van der Waals surface area contributed by atoms with Crippen LogP contribution in [0.3, 0.4) is 0 Å². The highest BCUT2D eigenvalue weighted by Gasteiger charge is 2.42. The van der Waals surface area contributed by atoms with Crippen LogP contribution >= 0.6 is 0 Å². The number of morpholine rings is 1. The molecule has 3 aliphatic heterocycles. The van der Waals surface area contributed by atoms with Crippen LogP contribution in [0.25, 0.3) is 0 Å². The van der Waals surface area contributed by atoms with E-state index in [0.717, 1.165) is 76.5 Å². The van der Waals surface area contributed by atoms with Crippen molar-refractivity contribution in [2.75, 3.05) is 64.1 Å². The Morgan fingerprint density at radius 1 is 1.19 bits per heavy atom. The molecule has 1 N–H and O–H groups in total. The summed E-state index contributed by atoms with van der Waals surface area (Å²) in [5.74, 6) is 2.04. The fourth-order valence-electron chi connectivity index (χ4n) is 4.17. The van der Waals surface area contributed by atoms with Gasteiger partial charge in [0.1, 0.15) is 5.82 Å². The first-order valence-electron chi connectivity index (χ1n) is 10.2. The zero-order valence-corrected chi connectivity index (χ0v) is 16.3. The molecule has 3 aliphatic rings. The normalized spacial score (nSPS) is 26.2. The first-order valence-corrected chi connectivity index (χ1v) is 10.2. The van der Waals surface area contributed by atoms with Gasteiger partial charge in [0.25, 0.3) is 0 Å². The molecule has 0 saturated carbocycles. The lowest BCUT2D eigenvalue weighted by molar-refractivity contribution is 0.122. The van der Waals surface area contributed by atoms with Gasteiger partial charge < -0.3 is 24.6 Å². The van der Waals surface area contributed by atoms with Crippen molar-refractivity contribution >= 4 is 11.8 Å². The van der Waals surface area contributed by atoms with Gasteiger partial charge in [-0.2, -0.15) is 0 Å². The fourth-order valence-corrected chi connectivity index (χ4v) is 4.17. The van der Waals surface area contributed by atoms with E-state index in [1.807, 2.05) is 6.20 Å². The number of nitrogens with one attached hydrogen (secondary N) is 1. The summed E-state index contributed by atoms with van der Waals surface area (Å²) in [5, 5.41) is 3.46. The van der Waals surface area contributed by atoms with Crippen LogP contribution in [0.1, 0.15) is 25.3 Å². The molecule has 27 heavy (non-hydrogen) atoms. The maximum Gasteiger partial charge on any atom is 0.194 e. The summed E-state index contributed by atoms with van der Waals surface area (Å²) in [6, 6.07) is 4.24. The Hall–Kier alpha value is -1.86. The highest BCUT2D eigenvalue weighted by Crippen LogP contribution is 2.38. The lowest BCUT2D eigenvalue weighted by atomic mass is 9.87. The predicted octanol–water partition coefficient (Wildman–Crippen LogP) is 1.50. The first kappa shape index (κ1) is 18.5. The molecular weight excluding hydrogens is 342 g/mol. The molecule has 0 radical (unpaired) electrons. The molecule has 1 unspecified atom stereocenters. The third kappa shape index (κ3) is 4.35. The van der Waals surface area contributed by atoms with Gasteiger partial charge in [-0.25, -0.2) is 9.98 Å². The van der Waals surface area contributed by atoms with E-state index in [-0.39, 0.29) is 0 Å². The molecule has 7 nitrogen and oxygen atoms in total. The van der Waals surface area contributed by atoms with Gasteiger partial charge in [0.15, 0.2) is 5.96 Å². The lowest BCUT2D eigenvalue weighted by Gasteiger charge is -2.27. The molecular formula is C20H31N5O2. The number of aromatic nitrogens is 1. The van der Waals surface area contributed by atoms with Crippen LogP contribution in [-0.2, 0) is 16.0 Å². The molecule has 7 heteroatoms. The topological polar surface area (TPSA) is 62.2 Å². The van der Waals surface area contributed by atoms with Gasteiger partial charge in [0, 0.05) is 50.9 Å². The summed E-state index contributed by atoms with van der Waals surface area (Å²) in [7, 11) is 0. The maximum atomic E-state index is 5.65. The Bertz CT molecular complexity index is 636. The summed E-state index contributed by atoms with van der Waals surface area (Å²) in [6.45, 7) is 11.0. The second-order valence-corrected chi connectivity index (χ2v) is 7.77. The van der Waals surface area contributed by atoms with Gasteiger partial charge in [-0.3, -0.25) is 0 Å². The van der Waals surface area contributed by atoms with Gasteiger partial charge >= 0.3 is 0 Å². The van der Waals surface area contributed by atoms with Crippen LogP contribution in [-0.4, -0.2) is 75.0 Å². The molecule has 1 aromatic heterocycles. The Kier molecular flexibility index (Phi) is 5.78.